The van der Waals surface area contributed by atoms with Crippen molar-refractivity contribution in [3.8, 4) is 0 Å². The number of nitrogens with one attached hydrogen (secondary N) is 1. The number of thiophene rings is 1. The highest BCUT2D eigenvalue weighted by atomic mass is 32.1. The molecule has 0 radical (unpaired) electrons. The normalized spacial score (nSPS) is 12.5. The maximum Gasteiger partial charge on any atom is 0.0320 e. The van der Waals surface area contributed by atoms with Crippen LogP contribution >= 0.6 is 11.3 Å². The fourth-order valence-electron chi connectivity index (χ4n) is 2.63. The van der Waals surface area contributed by atoms with Crippen LogP contribution in [0.5, 0.6) is 0 Å². The van der Waals surface area contributed by atoms with Gasteiger partial charge in [-0.2, -0.15) is 0 Å². The van der Waals surface area contributed by atoms with Gasteiger partial charge in [0.15, 0.2) is 0 Å². The average molecular weight is 301 g/mol. The minimum absolute atomic E-state index is 0.496. The summed E-state index contributed by atoms with van der Waals surface area (Å²) in [5, 5.41) is 5.88. The molecule has 1 aromatic carbocycles. The van der Waals surface area contributed by atoms with Crippen LogP contribution in [0.2, 0.25) is 0 Å². The summed E-state index contributed by atoms with van der Waals surface area (Å²) in [5.74, 6) is 0. The number of aryl methyl sites for hydroxylation is 2. The lowest BCUT2D eigenvalue weighted by Gasteiger charge is -2.19. The molecule has 0 fully saturated rings. The van der Waals surface area contributed by atoms with Gasteiger partial charge in [-0.15, -0.1) is 11.3 Å². The zero-order valence-electron chi connectivity index (χ0n) is 13.3. The molecule has 1 nitrogen and oxygen atoms in total. The fourth-order valence-corrected chi connectivity index (χ4v) is 3.38. The molecule has 0 spiro atoms. The van der Waals surface area contributed by atoms with Gasteiger partial charge in [-0.25, -0.2) is 0 Å². The fraction of sp³-hybridized carbons (Fsp3) is 0.474. The van der Waals surface area contributed by atoms with Crippen LogP contribution in [0.25, 0.3) is 0 Å². The third-order valence-electron chi connectivity index (χ3n) is 3.93. The van der Waals surface area contributed by atoms with Crippen LogP contribution in [-0.4, -0.2) is 6.54 Å². The van der Waals surface area contributed by atoms with Gasteiger partial charge in [0.1, 0.15) is 0 Å². The Morgan fingerprint density at radius 2 is 1.90 bits per heavy atom. The summed E-state index contributed by atoms with van der Waals surface area (Å²) < 4.78 is 0. The van der Waals surface area contributed by atoms with Crippen LogP contribution < -0.4 is 5.32 Å². The molecule has 0 aliphatic rings. The van der Waals surface area contributed by atoms with Crippen molar-refractivity contribution in [1.82, 2.24) is 5.32 Å². The molecule has 2 aromatic rings. The second-order valence-corrected chi connectivity index (χ2v) is 6.61. The highest BCUT2D eigenvalue weighted by Gasteiger charge is 2.10. The van der Waals surface area contributed by atoms with E-state index in [0.717, 1.165) is 13.0 Å². The lowest BCUT2D eigenvalue weighted by molar-refractivity contribution is 0.485. The Morgan fingerprint density at radius 1 is 1.10 bits per heavy atom. The Morgan fingerprint density at radius 3 is 2.52 bits per heavy atom. The van der Waals surface area contributed by atoms with E-state index in [1.165, 1.54) is 41.7 Å². The first-order valence-electron chi connectivity index (χ1n) is 8.18. The monoisotopic (exact) mass is 301 g/mol. The zero-order valence-corrected chi connectivity index (χ0v) is 14.1. The third kappa shape index (κ3) is 5.29. The highest BCUT2D eigenvalue weighted by molar-refractivity contribution is 7.09. The zero-order chi connectivity index (χ0) is 14.9. The van der Waals surface area contributed by atoms with E-state index < -0.39 is 0 Å². The summed E-state index contributed by atoms with van der Waals surface area (Å²) in [6, 6.07) is 14.0. The minimum Gasteiger partial charge on any atom is -0.310 e. The van der Waals surface area contributed by atoms with E-state index in [-0.39, 0.29) is 0 Å². The standard InChI is InChI=1S/C19H27NS/c1-3-14-20-19(9-5-7-18-8-6-15-21-18)17-12-10-16(4-2)11-13-17/h6,8,10-13,15,19-20H,3-5,7,9,14H2,1-2H3. The van der Waals surface area contributed by atoms with Crippen molar-refractivity contribution < 1.29 is 0 Å². The van der Waals surface area contributed by atoms with E-state index in [9.17, 15) is 0 Å². The predicted molar refractivity (Wildman–Crippen MR) is 94.1 cm³/mol. The van der Waals surface area contributed by atoms with Gasteiger partial charge in [-0.1, -0.05) is 44.2 Å². The Kier molecular flexibility index (Phi) is 6.98. The molecule has 0 saturated heterocycles. The molecule has 0 aliphatic heterocycles. The summed E-state index contributed by atoms with van der Waals surface area (Å²) in [5.41, 5.74) is 2.86. The molecule has 2 rings (SSSR count). The Hall–Kier alpha value is -1.12. The van der Waals surface area contributed by atoms with Gasteiger partial charge in [-0.05, 0) is 61.2 Å². The predicted octanol–water partition coefficient (Wildman–Crippen LogP) is 5.37. The summed E-state index contributed by atoms with van der Waals surface area (Å²) in [6.07, 6.45) is 5.97. The molecule has 0 saturated carbocycles. The van der Waals surface area contributed by atoms with Crippen LogP contribution in [0.3, 0.4) is 0 Å². The van der Waals surface area contributed by atoms with E-state index in [1.54, 1.807) is 0 Å². The molecular formula is C19H27NS. The smallest absolute Gasteiger partial charge is 0.0320 e. The quantitative estimate of drug-likeness (QED) is 0.656. The second kappa shape index (κ2) is 9.01. The van der Waals surface area contributed by atoms with E-state index in [0.29, 0.717) is 6.04 Å². The van der Waals surface area contributed by atoms with Crippen LogP contribution in [0.1, 0.15) is 55.2 Å². The van der Waals surface area contributed by atoms with E-state index in [1.807, 2.05) is 11.3 Å². The topological polar surface area (TPSA) is 12.0 Å². The Bertz CT molecular complexity index is 487. The molecule has 1 unspecified atom stereocenters. The minimum atomic E-state index is 0.496. The first kappa shape index (κ1) is 16.3. The van der Waals surface area contributed by atoms with Crippen LogP contribution in [-0.2, 0) is 12.8 Å². The third-order valence-corrected chi connectivity index (χ3v) is 4.86. The molecule has 1 N–H and O–H groups in total. The molecule has 1 heterocycles. The largest absolute Gasteiger partial charge is 0.310 e. The number of hydrogen-bond acceptors (Lipinski definition) is 2. The molecule has 1 atom stereocenters. The molecule has 114 valence electrons. The SMILES string of the molecule is CCCNC(CCCc1cccs1)c1ccc(CC)cc1. The molecule has 1 aromatic heterocycles. The average Bonchev–Trinajstić information content (AvgIpc) is 3.04. The lowest BCUT2D eigenvalue weighted by Crippen LogP contribution is -2.22. The van der Waals surface area contributed by atoms with E-state index >= 15 is 0 Å². The van der Waals surface area contributed by atoms with Crippen molar-refractivity contribution in [3.05, 3.63) is 57.8 Å². The van der Waals surface area contributed by atoms with Crippen LogP contribution in [0.4, 0.5) is 0 Å². The van der Waals surface area contributed by atoms with Gasteiger partial charge in [0, 0.05) is 10.9 Å². The lowest BCUT2D eigenvalue weighted by atomic mass is 9.99. The summed E-state index contributed by atoms with van der Waals surface area (Å²) in [6.45, 7) is 5.54. The van der Waals surface area contributed by atoms with E-state index in [2.05, 4.69) is 60.9 Å². The van der Waals surface area contributed by atoms with E-state index in [4.69, 9.17) is 0 Å². The van der Waals surface area contributed by atoms with Crippen LogP contribution in [0.15, 0.2) is 41.8 Å². The summed E-state index contributed by atoms with van der Waals surface area (Å²) >= 11 is 1.87. The van der Waals surface area contributed by atoms with Gasteiger partial charge in [-0.3, -0.25) is 0 Å². The first-order chi connectivity index (χ1) is 10.3. The summed E-state index contributed by atoms with van der Waals surface area (Å²) in [4.78, 5) is 1.51. The molecule has 0 amide bonds. The number of hydrogen-bond donors (Lipinski definition) is 1. The first-order valence-corrected chi connectivity index (χ1v) is 9.06. The number of benzene rings is 1. The van der Waals surface area contributed by atoms with Crippen molar-refractivity contribution in [1.29, 1.82) is 0 Å². The van der Waals surface area contributed by atoms with Crippen molar-refractivity contribution in [3.63, 3.8) is 0 Å². The van der Waals surface area contributed by atoms with Crippen molar-refractivity contribution >= 4 is 11.3 Å². The maximum absolute atomic E-state index is 3.71. The highest BCUT2D eigenvalue weighted by Crippen LogP contribution is 2.22. The second-order valence-electron chi connectivity index (χ2n) is 5.57. The van der Waals surface area contributed by atoms with Crippen molar-refractivity contribution in [2.45, 2.75) is 52.0 Å². The van der Waals surface area contributed by atoms with Gasteiger partial charge in [0.25, 0.3) is 0 Å². The molecule has 0 bridgehead atoms. The molecule has 21 heavy (non-hydrogen) atoms. The van der Waals surface area contributed by atoms with Gasteiger partial charge in [0.05, 0.1) is 0 Å². The number of rotatable bonds is 9. The molecular weight excluding hydrogens is 274 g/mol. The molecule has 2 heteroatoms. The van der Waals surface area contributed by atoms with Gasteiger partial charge >= 0.3 is 0 Å². The molecule has 0 aliphatic carbocycles. The van der Waals surface area contributed by atoms with Crippen molar-refractivity contribution in [2.24, 2.45) is 0 Å². The maximum atomic E-state index is 3.71. The summed E-state index contributed by atoms with van der Waals surface area (Å²) in [7, 11) is 0. The van der Waals surface area contributed by atoms with Crippen molar-refractivity contribution in [2.75, 3.05) is 6.54 Å². The van der Waals surface area contributed by atoms with Gasteiger partial charge < -0.3 is 5.32 Å². The van der Waals surface area contributed by atoms with Gasteiger partial charge in [0.2, 0.25) is 0 Å². The Labute approximate surface area is 133 Å². The van der Waals surface area contributed by atoms with Crippen LogP contribution in [0, 0.1) is 0 Å². The Balaban J connectivity index is 1.92.